The summed E-state index contributed by atoms with van der Waals surface area (Å²) in [7, 11) is 0. The van der Waals surface area contributed by atoms with E-state index in [1.807, 2.05) is 6.92 Å². The molecular formula is C16H29NO3. The summed E-state index contributed by atoms with van der Waals surface area (Å²) >= 11 is 0. The Balaban J connectivity index is 4.09. The van der Waals surface area contributed by atoms with Crippen LogP contribution >= 0.6 is 0 Å². The van der Waals surface area contributed by atoms with Gasteiger partial charge in [0.15, 0.2) is 0 Å². The zero-order chi connectivity index (χ0) is 15.2. The topological polar surface area (TPSA) is 69.4 Å². The first-order valence-corrected chi connectivity index (χ1v) is 7.78. The Labute approximate surface area is 122 Å². The van der Waals surface area contributed by atoms with Gasteiger partial charge in [-0.1, -0.05) is 52.4 Å². The van der Waals surface area contributed by atoms with E-state index < -0.39 is 11.9 Å². The molecule has 0 aliphatic rings. The van der Waals surface area contributed by atoms with Gasteiger partial charge in [0.05, 0.1) is 6.61 Å². The van der Waals surface area contributed by atoms with Gasteiger partial charge in [0.2, 0.25) is 5.91 Å². The average molecular weight is 283 g/mol. The molecule has 0 rings (SSSR count). The van der Waals surface area contributed by atoms with Crippen molar-refractivity contribution in [2.45, 2.75) is 71.6 Å². The van der Waals surface area contributed by atoms with E-state index in [9.17, 15) is 9.59 Å². The molecule has 116 valence electrons. The molecule has 0 heterocycles. The molecule has 20 heavy (non-hydrogen) atoms. The second-order valence-corrected chi connectivity index (χ2v) is 5.08. The van der Waals surface area contributed by atoms with Crippen molar-refractivity contribution in [3.05, 3.63) is 11.6 Å². The Kier molecular flexibility index (Phi) is 11.9. The number of esters is 1. The summed E-state index contributed by atoms with van der Waals surface area (Å²) in [4.78, 5) is 22.8. The molecule has 0 unspecified atom stereocenters. The molecule has 2 N–H and O–H groups in total. The summed E-state index contributed by atoms with van der Waals surface area (Å²) in [5, 5.41) is 0. The van der Waals surface area contributed by atoms with Crippen molar-refractivity contribution in [2.24, 2.45) is 5.73 Å². The predicted octanol–water partition coefficient (Wildman–Crippen LogP) is 3.49. The van der Waals surface area contributed by atoms with Crippen LogP contribution in [0.4, 0.5) is 0 Å². The molecule has 0 spiro atoms. The maximum absolute atomic E-state index is 11.8. The highest BCUT2D eigenvalue weighted by atomic mass is 16.5. The maximum Gasteiger partial charge on any atom is 0.334 e. The maximum atomic E-state index is 11.8. The van der Waals surface area contributed by atoms with E-state index >= 15 is 0 Å². The van der Waals surface area contributed by atoms with Gasteiger partial charge in [0.25, 0.3) is 0 Å². The summed E-state index contributed by atoms with van der Waals surface area (Å²) in [5.74, 6) is -0.982. The van der Waals surface area contributed by atoms with Crippen LogP contribution < -0.4 is 5.73 Å². The minimum atomic E-state index is -0.585. The van der Waals surface area contributed by atoms with Gasteiger partial charge < -0.3 is 10.5 Å². The molecule has 4 heteroatoms. The summed E-state index contributed by atoms with van der Waals surface area (Å²) < 4.78 is 5.13. The van der Waals surface area contributed by atoms with Crippen LogP contribution in [0.3, 0.4) is 0 Å². The quantitative estimate of drug-likeness (QED) is 0.338. The molecular weight excluding hydrogens is 254 g/mol. The molecule has 0 aliphatic heterocycles. The molecule has 0 aromatic rings. The molecule has 0 aromatic carbocycles. The Morgan fingerprint density at radius 3 is 2.15 bits per heavy atom. The first-order chi connectivity index (χ1) is 9.61. The van der Waals surface area contributed by atoms with Crippen molar-refractivity contribution in [3.8, 4) is 0 Å². The third-order valence-electron chi connectivity index (χ3n) is 3.11. The van der Waals surface area contributed by atoms with E-state index in [1.165, 1.54) is 31.8 Å². The van der Waals surface area contributed by atoms with Gasteiger partial charge in [-0.2, -0.15) is 0 Å². The van der Waals surface area contributed by atoms with Gasteiger partial charge >= 0.3 is 5.97 Å². The van der Waals surface area contributed by atoms with Gasteiger partial charge in [0, 0.05) is 11.6 Å². The molecule has 0 atom stereocenters. The molecule has 0 saturated heterocycles. The van der Waals surface area contributed by atoms with Crippen molar-refractivity contribution in [1.29, 1.82) is 0 Å². The van der Waals surface area contributed by atoms with Gasteiger partial charge in [-0.25, -0.2) is 4.79 Å². The molecule has 0 fully saturated rings. The molecule has 1 amide bonds. The predicted molar refractivity (Wildman–Crippen MR) is 81.1 cm³/mol. The van der Waals surface area contributed by atoms with Gasteiger partial charge in [-0.15, -0.1) is 0 Å². The van der Waals surface area contributed by atoms with E-state index in [0.29, 0.717) is 18.6 Å². The Morgan fingerprint density at radius 2 is 1.55 bits per heavy atom. The lowest BCUT2D eigenvalue weighted by Gasteiger charge is -2.07. The first-order valence-electron chi connectivity index (χ1n) is 7.78. The fourth-order valence-corrected chi connectivity index (χ4v) is 1.90. The lowest BCUT2D eigenvalue weighted by Crippen LogP contribution is -2.14. The van der Waals surface area contributed by atoms with E-state index in [4.69, 9.17) is 10.5 Å². The standard InChI is InChI=1S/C16H29NO3/c1-3-5-7-8-9-10-11-14(13-15(17)18)16(19)20-12-6-4-2/h13H,3-12H2,1-2H3,(H2,17,18). The van der Waals surface area contributed by atoms with Crippen LogP contribution in [0.25, 0.3) is 0 Å². The summed E-state index contributed by atoms with van der Waals surface area (Å²) in [5.41, 5.74) is 5.54. The highest BCUT2D eigenvalue weighted by molar-refractivity contribution is 5.97. The minimum absolute atomic E-state index is 0.397. The Morgan fingerprint density at radius 1 is 0.950 bits per heavy atom. The van der Waals surface area contributed by atoms with Crippen LogP contribution in [0.1, 0.15) is 71.6 Å². The Bertz CT molecular complexity index is 311. The van der Waals surface area contributed by atoms with Crippen LogP contribution in [0.5, 0.6) is 0 Å². The lowest BCUT2D eigenvalue weighted by molar-refractivity contribution is -0.139. The lowest BCUT2D eigenvalue weighted by atomic mass is 10.0. The highest BCUT2D eigenvalue weighted by Gasteiger charge is 2.11. The van der Waals surface area contributed by atoms with Crippen molar-refractivity contribution in [1.82, 2.24) is 0 Å². The normalized spacial score (nSPS) is 11.4. The fourth-order valence-electron chi connectivity index (χ4n) is 1.90. The van der Waals surface area contributed by atoms with E-state index in [0.717, 1.165) is 25.7 Å². The van der Waals surface area contributed by atoms with Gasteiger partial charge in [0.1, 0.15) is 0 Å². The SMILES string of the molecule is CCCCCCCCC(=CC(N)=O)C(=O)OCCCC. The number of unbranched alkanes of at least 4 members (excludes halogenated alkanes) is 6. The molecule has 0 radical (unpaired) electrons. The summed E-state index contributed by atoms with van der Waals surface area (Å²) in [6, 6.07) is 0. The summed E-state index contributed by atoms with van der Waals surface area (Å²) in [6.45, 7) is 4.62. The number of amides is 1. The van der Waals surface area contributed by atoms with E-state index in [2.05, 4.69) is 6.92 Å². The van der Waals surface area contributed by atoms with E-state index in [-0.39, 0.29) is 0 Å². The van der Waals surface area contributed by atoms with Gasteiger partial charge in [-0.05, 0) is 19.3 Å². The number of hydrogen-bond acceptors (Lipinski definition) is 3. The molecule has 0 aliphatic carbocycles. The zero-order valence-corrected chi connectivity index (χ0v) is 13.0. The Hall–Kier alpha value is -1.32. The third-order valence-corrected chi connectivity index (χ3v) is 3.11. The number of primary amides is 1. The van der Waals surface area contributed by atoms with Crippen LogP contribution in [-0.4, -0.2) is 18.5 Å². The van der Waals surface area contributed by atoms with Crippen LogP contribution in [0, 0.1) is 0 Å². The van der Waals surface area contributed by atoms with Crippen LogP contribution in [-0.2, 0) is 14.3 Å². The number of ether oxygens (including phenoxy) is 1. The number of carbonyl (C=O) groups excluding carboxylic acids is 2. The molecule has 4 nitrogen and oxygen atoms in total. The van der Waals surface area contributed by atoms with Crippen molar-refractivity contribution >= 4 is 11.9 Å². The molecule has 0 saturated carbocycles. The van der Waals surface area contributed by atoms with Crippen LogP contribution in [0.15, 0.2) is 11.6 Å². The number of hydrogen-bond donors (Lipinski definition) is 1. The zero-order valence-electron chi connectivity index (χ0n) is 13.0. The summed E-state index contributed by atoms with van der Waals surface area (Å²) in [6.07, 6.45) is 10.4. The third kappa shape index (κ3) is 10.6. The highest BCUT2D eigenvalue weighted by Crippen LogP contribution is 2.13. The van der Waals surface area contributed by atoms with Crippen molar-refractivity contribution in [2.75, 3.05) is 6.61 Å². The molecule has 0 bridgehead atoms. The van der Waals surface area contributed by atoms with Crippen LogP contribution in [0.2, 0.25) is 0 Å². The first kappa shape index (κ1) is 18.7. The second kappa shape index (κ2) is 12.7. The largest absolute Gasteiger partial charge is 0.462 e. The van der Waals surface area contributed by atoms with Crippen molar-refractivity contribution < 1.29 is 14.3 Å². The number of nitrogens with two attached hydrogens (primary N) is 1. The minimum Gasteiger partial charge on any atom is -0.462 e. The van der Waals surface area contributed by atoms with Crippen molar-refractivity contribution in [3.63, 3.8) is 0 Å². The van der Waals surface area contributed by atoms with Gasteiger partial charge in [-0.3, -0.25) is 4.79 Å². The average Bonchev–Trinajstić information content (AvgIpc) is 2.41. The second-order valence-electron chi connectivity index (χ2n) is 5.08. The monoisotopic (exact) mass is 283 g/mol. The van der Waals surface area contributed by atoms with E-state index in [1.54, 1.807) is 0 Å². The number of carbonyl (C=O) groups is 2. The fraction of sp³-hybridized carbons (Fsp3) is 0.750. The smallest absolute Gasteiger partial charge is 0.334 e. The number of rotatable bonds is 12. The molecule has 0 aromatic heterocycles.